The fraction of sp³-hybridized carbons (Fsp3) is 0. The lowest BCUT2D eigenvalue weighted by molar-refractivity contribution is 0.669. The molecule has 8 heteroatoms. The van der Waals surface area contributed by atoms with Gasteiger partial charge < -0.3 is 13.4 Å². The summed E-state index contributed by atoms with van der Waals surface area (Å²) in [6.45, 7) is 0. The van der Waals surface area contributed by atoms with Crippen molar-refractivity contribution >= 4 is 132 Å². The largest absolute Gasteiger partial charge is 0.456 e. The van der Waals surface area contributed by atoms with Gasteiger partial charge in [0.05, 0.1) is 97.8 Å². The Balaban J connectivity index is 1.13. The molecule has 0 amide bonds. The third-order valence-corrected chi connectivity index (χ3v) is 19.0. The van der Waals surface area contributed by atoms with Crippen LogP contribution in [0.3, 0.4) is 0 Å². The van der Waals surface area contributed by atoms with Gasteiger partial charge in [-0.15, -0.1) is 0 Å². The van der Waals surface area contributed by atoms with Gasteiger partial charge in [-0.25, -0.2) is 4.98 Å². The summed E-state index contributed by atoms with van der Waals surface area (Å²) in [6.07, 6.45) is 0. The van der Waals surface area contributed by atoms with Crippen LogP contribution in [0, 0.1) is 0 Å². The van der Waals surface area contributed by atoms with Crippen LogP contribution in [0.2, 0.25) is 0 Å². The van der Waals surface area contributed by atoms with Gasteiger partial charge in [0.25, 0.3) is 0 Å². The molecule has 0 N–H and O–H groups in total. The molecule has 7 nitrogen and oxygen atoms in total. The predicted molar refractivity (Wildman–Crippen MR) is 345 cm³/mol. The number of rotatable bonds is 8. The van der Waals surface area contributed by atoms with Crippen LogP contribution >= 0.6 is 0 Å². The SMILES string of the molecule is [2H]c1c([2H])c([2H])c([Si](c2ccc3c(c2)oc2ccccc23)(c2c([2H])c([2H])c([2H])c([2H])c2[2H])c2c([2H])c([2H])c([2H])c(-c3nc(-c4c([2H])c([2H])c([2H])c([2H])c4-n4c5c([2H])c([2H])c([2H])c([2H])c5c5c([2H])c([2H])c([2H])c([2H])c54)nc(-n4c5c([2H])c([2H])c([2H])c([2H])c5c5c([2H])c6c7c([2H])c([2H])c([2H])c([2H])c7n7c8c([2H])c([2H])c([2H])c([2H])c8c(c54)c67)n3)c2[2H])c([2H])c1[2H]. The second kappa shape index (κ2) is 17.5. The van der Waals surface area contributed by atoms with E-state index in [-0.39, 0.29) is 11.2 Å². The molecule has 0 spiro atoms. The van der Waals surface area contributed by atoms with E-state index in [0.29, 0.717) is 15.3 Å². The van der Waals surface area contributed by atoms with Crippen molar-refractivity contribution in [1.29, 1.82) is 0 Å². The monoisotopic (exact) mass is 1110 g/mol. The van der Waals surface area contributed by atoms with E-state index in [1.54, 1.807) is 24.3 Å². The van der Waals surface area contributed by atoms with Crippen LogP contribution in [0.4, 0.5) is 0 Å². The van der Waals surface area contributed by atoms with Gasteiger partial charge in [-0.2, -0.15) is 9.97 Å². The highest BCUT2D eigenvalue weighted by molar-refractivity contribution is 7.20. The summed E-state index contributed by atoms with van der Waals surface area (Å²) in [6, 6.07) is -31.3. The van der Waals surface area contributed by atoms with E-state index in [2.05, 4.69) is 0 Å². The average molecular weight is 1110 g/mol. The maximum atomic E-state index is 11.1. The molecule has 0 radical (unpaired) electrons. The summed E-state index contributed by atoms with van der Waals surface area (Å²) in [4.78, 5) is 14.6. The van der Waals surface area contributed by atoms with E-state index in [0.717, 1.165) is 8.97 Å². The molecule has 0 aliphatic heterocycles. The molecule has 6 heterocycles. The molecule has 0 saturated carbocycles. The van der Waals surface area contributed by atoms with E-state index >= 15 is 0 Å². The molecule has 6 aromatic heterocycles. The number of benzene rings is 12. The maximum absolute atomic E-state index is 11.1. The summed E-state index contributed by atoms with van der Waals surface area (Å²) in [5.74, 6) is -3.69. The van der Waals surface area contributed by atoms with Crippen LogP contribution in [-0.4, -0.2) is 36.6 Å². The highest BCUT2D eigenvalue weighted by Crippen LogP contribution is 2.47. The first-order chi connectivity index (χ1) is 57.4. The van der Waals surface area contributed by atoms with Crippen LogP contribution in [0.1, 0.15) is 53.5 Å². The summed E-state index contributed by atoms with van der Waals surface area (Å²) in [7, 11) is -6.21. The van der Waals surface area contributed by atoms with Crippen molar-refractivity contribution in [2.24, 2.45) is 0 Å². The van der Waals surface area contributed by atoms with Gasteiger partial charge in [0.15, 0.2) is 19.7 Å². The fourth-order valence-corrected chi connectivity index (χ4v) is 15.4. The van der Waals surface area contributed by atoms with E-state index in [9.17, 15) is 41.1 Å². The molecular weight excluding hydrogens is 1030 g/mol. The molecule has 18 aromatic rings. The Bertz CT molecular complexity index is 7890. The number of hydrogen-bond acceptors (Lipinski definition) is 4. The van der Waals surface area contributed by atoms with Gasteiger partial charge in [0.2, 0.25) is 5.95 Å². The summed E-state index contributed by atoms with van der Waals surface area (Å²) >= 11 is 0. The quantitative estimate of drug-likeness (QED) is 0.112. The molecule has 0 bridgehead atoms. The zero-order chi connectivity index (χ0) is 88.3. The molecule has 18 rings (SSSR count). The average Bonchev–Trinajstić information content (AvgIpc) is 1.47. The Morgan fingerprint density at radius 3 is 1.60 bits per heavy atom. The molecule has 0 unspecified atom stereocenters. The van der Waals surface area contributed by atoms with Crippen molar-refractivity contribution in [3.8, 4) is 34.4 Å². The highest BCUT2D eigenvalue weighted by Gasteiger charge is 2.42. The molecule has 0 saturated heterocycles. The first-order valence-electron chi connectivity index (χ1n) is 44.6. The van der Waals surface area contributed by atoms with Crippen LogP contribution < -0.4 is 20.7 Å². The van der Waals surface area contributed by atoms with E-state index in [1.807, 2.05) is 0 Å². The van der Waals surface area contributed by atoms with Crippen molar-refractivity contribution in [3.63, 3.8) is 0 Å². The van der Waals surface area contributed by atoms with E-state index < -0.39 is 381 Å². The van der Waals surface area contributed by atoms with Gasteiger partial charge in [-0.3, -0.25) is 4.57 Å². The molecule has 0 atom stereocenters. The van der Waals surface area contributed by atoms with Gasteiger partial charge in [-0.1, -0.05) is 218 Å². The van der Waals surface area contributed by atoms with E-state index in [4.69, 9.17) is 31.7 Å². The molecular formula is C75H46N6OSi. The number of aromatic nitrogens is 6. The van der Waals surface area contributed by atoms with Gasteiger partial charge in [0, 0.05) is 65.0 Å². The van der Waals surface area contributed by atoms with Crippen molar-refractivity contribution in [2.75, 3.05) is 0 Å². The molecule has 0 aliphatic carbocycles. The lowest BCUT2D eigenvalue weighted by Crippen LogP contribution is -2.74. The smallest absolute Gasteiger partial charge is 0.238 e. The summed E-state index contributed by atoms with van der Waals surface area (Å²) in [5, 5.41) is -7.27. The molecule has 0 fully saturated rings. The van der Waals surface area contributed by atoms with Crippen molar-refractivity contribution in [2.45, 2.75) is 0 Å². The van der Waals surface area contributed by atoms with Gasteiger partial charge >= 0.3 is 0 Å². The van der Waals surface area contributed by atoms with Crippen molar-refractivity contribution in [3.05, 3.63) is 278 Å². The van der Waals surface area contributed by atoms with Crippen LogP contribution in [0.5, 0.6) is 0 Å². The summed E-state index contributed by atoms with van der Waals surface area (Å²) in [5.41, 5.74) is -7.81. The van der Waals surface area contributed by atoms with Crippen LogP contribution in [0.15, 0.2) is 283 Å². The Labute approximate surface area is 531 Å². The normalized spacial score (nSPS) is 18.9. The zero-order valence-electron chi connectivity index (χ0n) is 80.6. The topological polar surface area (TPSA) is 66.1 Å². The third kappa shape index (κ3) is 6.46. The first-order valence-corrected chi connectivity index (χ1v) is 27.1. The highest BCUT2D eigenvalue weighted by atomic mass is 28.3. The number of hydrogen-bond donors (Lipinski definition) is 0. The number of para-hydroxylation sites is 7. The third-order valence-electron chi connectivity index (χ3n) is 14.8. The molecule has 386 valence electrons. The lowest BCUT2D eigenvalue weighted by Gasteiger charge is -2.34. The maximum Gasteiger partial charge on any atom is 0.238 e. The minimum atomic E-state index is -6.21. The first kappa shape index (κ1) is 22.2. The lowest BCUT2D eigenvalue weighted by atomic mass is 10.0. The zero-order valence-corrected chi connectivity index (χ0v) is 42.6. The molecule has 12 aromatic carbocycles. The summed E-state index contributed by atoms with van der Waals surface area (Å²) < 4.78 is 383. The standard InChI is InChI=1S/C75H46N6OSi/c1-3-23-48(24-4-1)83(49-25-5-2-6-26-49,51-42-43-57-56-32-13-20-41-68(56)82-69(57)45-51)50-27-21-22-47(44-50)73-76-74(59-34-12-19-40-67(59)79-62-35-14-7-28-52(62)53-29-8-15-36-63(53)79)78-75(77-73)81-65-38-17-10-31-55(65)61-46-60-54-30-9-16-37-64(54)80-66-39-18-11-33-58(66)70(71(60)80)72(61)81/h1-46H/i1D,2D,3D,4D,5D,6D,7D,8D,9D,10D,11D,12D,14D,15D,16D,17D,18D,19D,21D,22D,23D,24D,25D,26D,27D,28D,29D,30D,31D,33D,34D,35D,36D,37D,38D,39D,40D,44D,46D. The number of nitrogens with zero attached hydrogens (tertiary/aromatic N) is 6. The predicted octanol–water partition coefficient (Wildman–Crippen LogP) is 15.8. The Kier molecular flexibility index (Phi) is 4.69. The second-order valence-electron chi connectivity index (χ2n) is 18.9. The van der Waals surface area contributed by atoms with Gasteiger partial charge in [0.1, 0.15) is 11.2 Å². The fourth-order valence-electron chi connectivity index (χ4n) is 11.5. The Hall–Kier alpha value is -10.9. The molecule has 83 heavy (non-hydrogen) atoms. The number of furan rings is 1. The van der Waals surface area contributed by atoms with Crippen molar-refractivity contribution in [1.82, 2.24) is 28.5 Å². The second-order valence-corrected chi connectivity index (χ2v) is 22.5. The van der Waals surface area contributed by atoms with Crippen molar-refractivity contribution < 1.29 is 57.9 Å². The van der Waals surface area contributed by atoms with Gasteiger partial charge in [-0.05, 0) is 81.2 Å². The van der Waals surface area contributed by atoms with Crippen LogP contribution in [0.25, 0.3) is 138 Å². The van der Waals surface area contributed by atoms with E-state index in [1.165, 1.54) is 18.2 Å². The minimum Gasteiger partial charge on any atom is -0.456 e. The van der Waals surface area contributed by atoms with Crippen LogP contribution in [-0.2, 0) is 0 Å². The Morgan fingerprint density at radius 2 is 0.892 bits per heavy atom. The minimum absolute atomic E-state index is 0.104. The Morgan fingerprint density at radius 1 is 0.361 bits per heavy atom. The number of fused-ring (bicyclic) bond motifs is 16. The molecule has 0 aliphatic rings.